The highest BCUT2D eigenvalue weighted by atomic mass is 35.5. The highest BCUT2D eigenvalue weighted by molar-refractivity contribution is 6.31. The molecule has 122 valence electrons. The zero-order valence-electron chi connectivity index (χ0n) is 12.7. The molecule has 1 aromatic carbocycles. The molecule has 3 aromatic rings. The number of carbonyl (C=O) groups is 1. The first kappa shape index (κ1) is 16.0. The zero-order valence-corrected chi connectivity index (χ0v) is 13.5. The molecule has 0 radical (unpaired) electrons. The maximum atomic E-state index is 12.1. The Morgan fingerprint density at radius 2 is 1.96 bits per heavy atom. The highest BCUT2D eigenvalue weighted by Crippen LogP contribution is 2.14. The number of benzene rings is 1. The van der Waals surface area contributed by atoms with Crippen LogP contribution < -0.4 is 10.6 Å². The fraction of sp³-hybridized carbons (Fsp3) is 0.118. The number of furan rings is 1. The van der Waals surface area contributed by atoms with Gasteiger partial charge in [0, 0.05) is 11.6 Å². The van der Waals surface area contributed by atoms with Gasteiger partial charge in [0.2, 0.25) is 0 Å². The quantitative estimate of drug-likeness (QED) is 0.718. The third-order valence-corrected chi connectivity index (χ3v) is 3.67. The molecule has 24 heavy (non-hydrogen) atoms. The van der Waals surface area contributed by atoms with E-state index >= 15 is 0 Å². The summed E-state index contributed by atoms with van der Waals surface area (Å²) in [6.07, 6.45) is 4.54. The van der Waals surface area contributed by atoms with Crippen LogP contribution in [0, 0.1) is 0 Å². The lowest BCUT2D eigenvalue weighted by atomic mass is 10.2. The lowest BCUT2D eigenvalue weighted by Gasteiger charge is -2.07. The second-order valence-electron chi connectivity index (χ2n) is 4.99. The molecule has 0 bridgehead atoms. The average molecular weight is 343 g/mol. The van der Waals surface area contributed by atoms with Crippen molar-refractivity contribution < 1.29 is 9.21 Å². The van der Waals surface area contributed by atoms with E-state index in [0.29, 0.717) is 23.9 Å². The van der Waals surface area contributed by atoms with Crippen molar-refractivity contribution in [3.63, 3.8) is 0 Å². The molecule has 1 amide bonds. The van der Waals surface area contributed by atoms with Crippen molar-refractivity contribution in [3.05, 3.63) is 77.1 Å². The number of carbonyl (C=O) groups excluding carboxylic acids is 1. The van der Waals surface area contributed by atoms with Crippen molar-refractivity contribution in [1.82, 2.24) is 15.3 Å². The smallest absolute Gasteiger partial charge is 0.271 e. The number of aromatic nitrogens is 2. The van der Waals surface area contributed by atoms with Gasteiger partial charge in [-0.05, 0) is 23.8 Å². The second kappa shape index (κ2) is 7.61. The summed E-state index contributed by atoms with van der Waals surface area (Å²) in [5.74, 6) is 1.05. The number of hydrogen-bond donors (Lipinski definition) is 2. The predicted octanol–water partition coefficient (Wildman–Crippen LogP) is 3.27. The third-order valence-electron chi connectivity index (χ3n) is 3.31. The van der Waals surface area contributed by atoms with Gasteiger partial charge in [-0.1, -0.05) is 29.8 Å². The summed E-state index contributed by atoms with van der Waals surface area (Å²) in [7, 11) is 0. The van der Waals surface area contributed by atoms with Crippen LogP contribution in [-0.2, 0) is 13.1 Å². The predicted molar refractivity (Wildman–Crippen MR) is 90.7 cm³/mol. The van der Waals surface area contributed by atoms with Crippen molar-refractivity contribution >= 4 is 23.3 Å². The normalized spacial score (nSPS) is 10.4. The number of rotatable bonds is 6. The molecular formula is C17H15ClN4O2. The molecule has 2 aromatic heterocycles. The summed E-state index contributed by atoms with van der Waals surface area (Å²) in [6.45, 7) is 0.832. The maximum absolute atomic E-state index is 12.1. The Labute approximate surface area is 143 Å². The molecule has 7 heteroatoms. The molecule has 0 aliphatic rings. The standard InChI is InChI=1S/C17H15ClN4O2/c18-14-6-2-1-4-12(14)8-22-17(23)15-10-21-16(11-19-15)20-9-13-5-3-7-24-13/h1-7,10-11H,8-9H2,(H,20,21)(H,22,23). The molecule has 0 saturated heterocycles. The minimum atomic E-state index is -0.306. The molecule has 0 fully saturated rings. The Morgan fingerprint density at radius 3 is 2.67 bits per heavy atom. The molecule has 0 saturated carbocycles. The van der Waals surface area contributed by atoms with E-state index in [1.807, 2.05) is 30.3 Å². The van der Waals surface area contributed by atoms with Gasteiger partial charge in [0.05, 0.1) is 25.2 Å². The van der Waals surface area contributed by atoms with E-state index in [9.17, 15) is 4.79 Å². The number of nitrogens with one attached hydrogen (secondary N) is 2. The fourth-order valence-electron chi connectivity index (χ4n) is 2.04. The van der Waals surface area contributed by atoms with Gasteiger partial charge in [0.15, 0.2) is 0 Å². The van der Waals surface area contributed by atoms with Gasteiger partial charge in [0.1, 0.15) is 17.3 Å². The summed E-state index contributed by atoms with van der Waals surface area (Å²) < 4.78 is 5.22. The molecule has 2 N–H and O–H groups in total. The van der Waals surface area contributed by atoms with Crippen LogP contribution in [0.15, 0.2) is 59.5 Å². The van der Waals surface area contributed by atoms with Crippen LogP contribution in [0.3, 0.4) is 0 Å². The fourth-order valence-corrected chi connectivity index (χ4v) is 2.24. The van der Waals surface area contributed by atoms with Crippen molar-refractivity contribution in [3.8, 4) is 0 Å². The number of nitrogens with zero attached hydrogens (tertiary/aromatic N) is 2. The minimum absolute atomic E-state index is 0.241. The summed E-state index contributed by atoms with van der Waals surface area (Å²) in [4.78, 5) is 20.4. The van der Waals surface area contributed by atoms with Crippen LogP contribution >= 0.6 is 11.6 Å². The number of hydrogen-bond acceptors (Lipinski definition) is 5. The van der Waals surface area contributed by atoms with Gasteiger partial charge in [-0.25, -0.2) is 9.97 Å². The van der Waals surface area contributed by atoms with Gasteiger partial charge >= 0.3 is 0 Å². The Balaban J connectivity index is 1.54. The summed E-state index contributed by atoms with van der Waals surface area (Å²) in [6, 6.07) is 11.0. The van der Waals surface area contributed by atoms with E-state index in [4.69, 9.17) is 16.0 Å². The van der Waals surface area contributed by atoms with Crippen LogP contribution in [0.2, 0.25) is 5.02 Å². The first-order valence-corrected chi connectivity index (χ1v) is 7.70. The number of halogens is 1. The van der Waals surface area contributed by atoms with E-state index < -0.39 is 0 Å². The van der Waals surface area contributed by atoms with E-state index in [1.165, 1.54) is 12.4 Å². The van der Waals surface area contributed by atoms with Gasteiger partial charge in [-0.3, -0.25) is 4.79 Å². The van der Waals surface area contributed by atoms with E-state index in [-0.39, 0.29) is 11.6 Å². The Bertz CT molecular complexity index is 804. The number of amides is 1. The Morgan fingerprint density at radius 1 is 1.08 bits per heavy atom. The molecule has 2 heterocycles. The number of anilines is 1. The molecule has 0 aliphatic heterocycles. The van der Waals surface area contributed by atoms with Crippen molar-refractivity contribution in [1.29, 1.82) is 0 Å². The molecule has 6 nitrogen and oxygen atoms in total. The molecule has 3 rings (SSSR count). The monoisotopic (exact) mass is 342 g/mol. The van der Waals surface area contributed by atoms with Crippen LogP contribution in [0.4, 0.5) is 5.82 Å². The van der Waals surface area contributed by atoms with E-state index in [2.05, 4.69) is 20.6 Å². The SMILES string of the molecule is O=C(NCc1ccccc1Cl)c1cnc(NCc2ccco2)cn1. The van der Waals surface area contributed by atoms with Gasteiger partial charge in [-0.2, -0.15) is 0 Å². The van der Waals surface area contributed by atoms with E-state index in [0.717, 1.165) is 11.3 Å². The van der Waals surface area contributed by atoms with Crippen LogP contribution in [-0.4, -0.2) is 15.9 Å². The maximum Gasteiger partial charge on any atom is 0.271 e. The summed E-state index contributed by atoms with van der Waals surface area (Å²) >= 11 is 6.06. The van der Waals surface area contributed by atoms with Gasteiger partial charge in [-0.15, -0.1) is 0 Å². The molecular weight excluding hydrogens is 328 g/mol. The molecule has 0 atom stereocenters. The minimum Gasteiger partial charge on any atom is -0.467 e. The topological polar surface area (TPSA) is 80.0 Å². The van der Waals surface area contributed by atoms with Crippen LogP contribution in [0.5, 0.6) is 0 Å². The third kappa shape index (κ3) is 4.11. The van der Waals surface area contributed by atoms with Gasteiger partial charge in [0.25, 0.3) is 5.91 Å². The lowest BCUT2D eigenvalue weighted by Crippen LogP contribution is -2.24. The van der Waals surface area contributed by atoms with E-state index in [1.54, 1.807) is 12.3 Å². The zero-order chi connectivity index (χ0) is 16.8. The van der Waals surface area contributed by atoms with Crippen LogP contribution in [0.1, 0.15) is 21.8 Å². The molecule has 0 aliphatic carbocycles. The first-order chi connectivity index (χ1) is 11.7. The lowest BCUT2D eigenvalue weighted by molar-refractivity contribution is 0.0945. The Hall–Kier alpha value is -2.86. The van der Waals surface area contributed by atoms with Crippen molar-refractivity contribution in [2.24, 2.45) is 0 Å². The summed E-state index contributed by atoms with van der Waals surface area (Å²) in [5, 5.41) is 6.44. The van der Waals surface area contributed by atoms with Crippen molar-refractivity contribution in [2.75, 3.05) is 5.32 Å². The molecule has 0 unspecified atom stereocenters. The Kier molecular flexibility index (Phi) is 5.08. The molecule has 0 spiro atoms. The van der Waals surface area contributed by atoms with Crippen LogP contribution in [0.25, 0.3) is 0 Å². The second-order valence-corrected chi connectivity index (χ2v) is 5.40. The van der Waals surface area contributed by atoms with Gasteiger partial charge < -0.3 is 15.1 Å². The first-order valence-electron chi connectivity index (χ1n) is 7.32. The van der Waals surface area contributed by atoms with Crippen molar-refractivity contribution in [2.45, 2.75) is 13.1 Å². The largest absolute Gasteiger partial charge is 0.467 e. The highest BCUT2D eigenvalue weighted by Gasteiger charge is 2.09. The average Bonchev–Trinajstić information content (AvgIpc) is 3.13. The summed E-state index contributed by atoms with van der Waals surface area (Å²) in [5.41, 5.74) is 1.09.